The number of halogens is 2. The molecule has 0 fully saturated rings. The summed E-state index contributed by atoms with van der Waals surface area (Å²) >= 11 is 2.92. The van der Waals surface area contributed by atoms with Crippen molar-refractivity contribution in [2.45, 2.75) is 144 Å². The van der Waals surface area contributed by atoms with Gasteiger partial charge < -0.3 is 24.8 Å². The van der Waals surface area contributed by atoms with Crippen LogP contribution >= 0.6 is 0 Å². The molecule has 0 N–H and O–H groups in total. The van der Waals surface area contributed by atoms with Crippen molar-refractivity contribution in [3.63, 3.8) is 0 Å². The summed E-state index contributed by atoms with van der Waals surface area (Å²) in [6.07, 6.45) is 18.5. The van der Waals surface area contributed by atoms with E-state index in [1.54, 1.807) is 0 Å². The Balaban J connectivity index is 0.000000193. The molecule has 0 spiro atoms. The van der Waals surface area contributed by atoms with E-state index >= 15 is 0 Å². The molecule has 12 rings (SSSR count). The van der Waals surface area contributed by atoms with E-state index in [1.807, 2.05) is 12.2 Å². The van der Waals surface area contributed by atoms with Crippen LogP contribution in [-0.2, 0) is 83.0 Å². The van der Waals surface area contributed by atoms with E-state index in [0.29, 0.717) is 0 Å². The van der Waals surface area contributed by atoms with Gasteiger partial charge in [-0.1, -0.05) is 131 Å². The van der Waals surface area contributed by atoms with E-state index in [2.05, 4.69) is 315 Å². The van der Waals surface area contributed by atoms with Crippen LogP contribution in [0.1, 0.15) is 177 Å². The summed E-state index contributed by atoms with van der Waals surface area (Å²) in [5.74, 6) is 0. The fourth-order valence-corrected chi connectivity index (χ4v) is 11.4. The summed E-state index contributed by atoms with van der Waals surface area (Å²) in [6.45, 7) is 31.4. The second-order valence-corrected chi connectivity index (χ2v) is 28.3. The normalized spacial score (nSPS) is 12.9. The van der Waals surface area contributed by atoms with Gasteiger partial charge in [-0.25, -0.2) is 23.3 Å². The molecule has 0 aliphatic heterocycles. The molecule has 428 valence electrons. The molecule has 0 aromatic heterocycles. The third-order valence-electron chi connectivity index (χ3n) is 14.9. The van der Waals surface area contributed by atoms with E-state index in [9.17, 15) is 0 Å². The van der Waals surface area contributed by atoms with Crippen LogP contribution in [-0.4, -0.2) is 6.41 Å². The molecule has 0 saturated heterocycles. The van der Waals surface area contributed by atoms with E-state index in [1.165, 1.54) is 155 Å². The Morgan fingerprint density at radius 2 is 0.643 bits per heavy atom. The van der Waals surface area contributed by atoms with Gasteiger partial charge in [-0.15, -0.1) is 48.9 Å². The monoisotopic (exact) mass is 1290 g/mol. The fourth-order valence-electron chi connectivity index (χ4n) is 9.81. The van der Waals surface area contributed by atoms with Gasteiger partial charge in [0.2, 0.25) is 0 Å². The van der Waals surface area contributed by atoms with Crippen molar-refractivity contribution in [3.05, 3.63) is 308 Å². The Morgan fingerprint density at radius 1 is 0.357 bits per heavy atom. The van der Waals surface area contributed by atoms with Crippen molar-refractivity contribution >= 4 is 6.41 Å². The van der Waals surface area contributed by atoms with E-state index in [-0.39, 0.29) is 46.5 Å². The van der Waals surface area contributed by atoms with Crippen molar-refractivity contribution in [3.8, 4) is 22.3 Å². The average Bonchev–Trinajstić information content (AvgIpc) is 2.96. The van der Waals surface area contributed by atoms with E-state index < -0.39 is 0 Å². The summed E-state index contributed by atoms with van der Waals surface area (Å²) in [6, 6.07) is 72.5. The molecule has 84 heavy (non-hydrogen) atoms. The molecule has 0 atom stereocenters. The summed E-state index contributed by atoms with van der Waals surface area (Å²) < 4.78 is 2.83. The molecule has 0 nitrogen and oxygen atoms in total. The number of allylic oxidation sites excluding steroid dienone is 8. The van der Waals surface area contributed by atoms with Gasteiger partial charge >= 0.3 is 198 Å². The molecule has 0 radical (unpaired) electrons. The van der Waals surface area contributed by atoms with Crippen LogP contribution in [0.2, 0.25) is 0 Å². The van der Waals surface area contributed by atoms with Gasteiger partial charge in [0.1, 0.15) is 0 Å². The number of hydrogen-bond acceptors (Lipinski definition) is 0. The quantitative estimate of drug-likeness (QED) is 0.154. The van der Waals surface area contributed by atoms with Crippen LogP contribution in [0.3, 0.4) is 0 Å². The van der Waals surface area contributed by atoms with Gasteiger partial charge in [-0.2, -0.15) is 59.7 Å². The number of benzene rings is 8. The van der Waals surface area contributed by atoms with Crippen LogP contribution in [0, 0.1) is 24.3 Å². The van der Waals surface area contributed by atoms with E-state index in [0.717, 1.165) is 25.7 Å². The van der Waals surface area contributed by atoms with E-state index in [4.69, 9.17) is 0 Å². The summed E-state index contributed by atoms with van der Waals surface area (Å²) in [7, 11) is 0. The predicted molar refractivity (Wildman–Crippen MR) is 346 cm³/mol. The van der Waals surface area contributed by atoms with Gasteiger partial charge in [0.25, 0.3) is 0 Å². The zero-order chi connectivity index (χ0) is 59.2. The molecule has 4 heteroatoms. The maximum absolute atomic E-state index is 3.67. The first kappa shape index (κ1) is 69.6. The summed E-state index contributed by atoms with van der Waals surface area (Å²) in [4.78, 5) is 0. The van der Waals surface area contributed by atoms with Crippen molar-refractivity contribution < 1.29 is 73.3 Å². The second-order valence-electron chi connectivity index (χ2n) is 25.8. The first-order chi connectivity index (χ1) is 38.9. The van der Waals surface area contributed by atoms with Crippen LogP contribution < -0.4 is 24.8 Å². The van der Waals surface area contributed by atoms with Crippen LogP contribution in [0.4, 0.5) is 0 Å². The summed E-state index contributed by atoms with van der Waals surface area (Å²) in [5.41, 5.74) is 25.4. The minimum absolute atomic E-state index is 0. The van der Waals surface area contributed by atoms with Gasteiger partial charge in [0.15, 0.2) is 0 Å². The Bertz CT molecular complexity index is 3120. The second kappa shape index (κ2) is 31.5. The van der Waals surface area contributed by atoms with Gasteiger partial charge in [-0.3, -0.25) is 12.2 Å². The molecular weight excluding hydrogens is 1210 g/mol. The number of fused-ring (bicyclic) bond motifs is 6. The third kappa shape index (κ3) is 19.9. The standard InChI is InChI=1S/2C21H25.2C13H10.2C6H7.2ClH.2Zr/c2*1-20(2,3)16-7-9-18-14(12-16)11-15-13-17(21(4,5)6)8-10-19(15)18;2*1-3-7-12(8-4-1)11-13-9-5-2-6-10-13;2*1-6-4-2-3-5-6;;;;/h2*7-10,12H,11H2,1-6H3;2*1-10H;2*4-5H,2H2,1H3;2*1H;;/q2*-1;;;2*-1;;;2*+2/p-2. The SMILES string of the molecule is CC(C)(C)c1[c-]c2c(cc1)-c1ccc(C(C)(C)C)cc1C2.CC(C)(C)c1[c-]c2c(cc1)-c1ccc(C(C)(C)C)cc1C2.CC1=CC[C-]=C1.CC1=CC[C-]=C1.[Cl-].[Cl-].[Zr+2]=[C](c1ccccc1)c1ccccc1.[Zr+2]=[C](c1ccccc1)c1ccccc1. The minimum atomic E-state index is 0. The van der Waals surface area contributed by atoms with Crippen molar-refractivity contribution in [2.24, 2.45) is 0 Å². The molecule has 0 unspecified atom stereocenters. The van der Waals surface area contributed by atoms with Crippen LogP contribution in [0.25, 0.3) is 22.3 Å². The van der Waals surface area contributed by atoms with Gasteiger partial charge in [-0.05, 0) is 56.8 Å². The number of hydrogen-bond donors (Lipinski definition) is 0. The van der Waals surface area contributed by atoms with Gasteiger partial charge in [0.05, 0.1) is 0 Å². The first-order valence-corrected chi connectivity index (χ1v) is 31.6. The molecule has 4 aliphatic rings. The maximum atomic E-state index is 3.67. The zero-order valence-electron chi connectivity index (χ0n) is 52.2. The van der Waals surface area contributed by atoms with Gasteiger partial charge in [0, 0.05) is 0 Å². The zero-order valence-corrected chi connectivity index (χ0v) is 58.6. The first-order valence-electron chi connectivity index (χ1n) is 29.1. The molecule has 4 aliphatic carbocycles. The molecule has 8 aromatic carbocycles. The molecule has 0 bridgehead atoms. The third-order valence-corrected chi connectivity index (χ3v) is 17.8. The molecular formula is C80H84Cl2Zr2-2. The predicted octanol–water partition coefficient (Wildman–Crippen LogP) is 14.3. The summed E-state index contributed by atoms with van der Waals surface area (Å²) in [5, 5.41) is 0. The number of rotatable bonds is 4. The van der Waals surface area contributed by atoms with Crippen molar-refractivity contribution in [1.82, 2.24) is 0 Å². The molecule has 8 aromatic rings. The fraction of sp³-hybridized carbons (Fsp3) is 0.275. The Morgan fingerprint density at radius 3 is 0.869 bits per heavy atom. The topological polar surface area (TPSA) is 0 Å². The van der Waals surface area contributed by atoms with Crippen LogP contribution in [0.15, 0.2) is 217 Å². The molecule has 0 saturated carbocycles. The van der Waals surface area contributed by atoms with Crippen LogP contribution in [0.5, 0.6) is 0 Å². The van der Waals surface area contributed by atoms with Crippen molar-refractivity contribution in [1.29, 1.82) is 0 Å². The Labute approximate surface area is 549 Å². The molecule has 0 amide bonds. The Hall–Kier alpha value is -5.19. The van der Waals surface area contributed by atoms with Crippen molar-refractivity contribution in [2.75, 3.05) is 0 Å². The average molecular weight is 1300 g/mol. The Kier molecular flexibility index (Phi) is 26.1. The molecule has 0 heterocycles.